The number of likely N-dealkylation sites (tertiary alicyclic amines) is 1. The number of aliphatic carboxylic acids is 1. The van der Waals surface area contributed by atoms with Gasteiger partial charge in [-0.3, -0.25) is 4.79 Å². The van der Waals surface area contributed by atoms with E-state index in [1.807, 2.05) is 0 Å². The SMILES string of the molecule is CN1CC[C@H](Oc2ccc3c(c2)C2(CC3)CCC(C(=O)O)CC2)C1. The molecule has 1 heterocycles. The number of hydrogen-bond donors (Lipinski definition) is 1. The van der Waals surface area contributed by atoms with E-state index in [-0.39, 0.29) is 11.3 Å². The van der Waals surface area contributed by atoms with Gasteiger partial charge in [-0.1, -0.05) is 6.07 Å². The van der Waals surface area contributed by atoms with Crippen molar-refractivity contribution in [2.24, 2.45) is 5.92 Å². The van der Waals surface area contributed by atoms with Gasteiger partial charge in [0.25, 0.3) is 0 Å². The van der Waals surface area contributed by atoms with Crippen molar-refractivity contribution in [1.29, 1.82) is 0 Å². The van der Waals surface area contributed by atoms with Crippen LogP contribution < -0.4 is 4.74 Å². The molecule has 4 rings (SSSR count). The van der Waals surface area contributed by atoms with Crippen LogP contribution in [0.5, 0.6) is 5.75 Å². The van der Waals surface area contributed by atoms with Gasteiger partial charge in [-0.2, -0.15) is 0 Å². The highest BCUT2D eigenvalue weighted by Gasteiger charge is 2.43. The maximum absolute atomic E-state index is 11.3. The highest BCUT2D eigenvalue weighted by molar-refractivity contribution is 5.70. The van der Waals surface area contributed by atoms with Gasteiger partial charge in [0, 0.05) is 13.1 Å². The smallest absolute Gasteiger partial charge is 0.306 e. The van der Waals surface area contributed by atoms with E-state index in [2.05, 4.69) is 30.1 Å². The van der Waals surface area contributed by atoms with Crippen molar-refractivity contribution in [2.75, 3.05) is 20.1 Å². The molecule has 1 spiro atoms. The molecule has 0 radical (unpaired) electrons. The fourth-order valence-electron chi connectivity index (χ4n) is 4.97. The molecule has 1 saturated heterocycles. The summed E-state index contributed by atoms with van der Waals surface area (Å²) < 4.78 is 6.23. The molecule has 1 atom stereocenters. The number of benzene rings is 1. The first-order valence-corrected chi connectivity index (χ1v) is 9.27. The maximum Gasteiger partial charge on any atom is 0.306 e. The summed E-state index contributed by atoms with van der Waals surface area (Å²) in [7, 11) is 2.14. The summed E-state index contributed by atoms with van der Waals surface area (Å²) in [5.41, 5.74) is 3.09. The van der Waals surface area contributed by atoms with Gasteiger partial charge < -0.3 is 14.7 Å². The van der Waals surface area contributed by atoms with E-state index >= 15 is 0 Å². The molecule has 1 aromatic rings. The Morgan fingerprint density at radius 1 is 1.25 bits per heavy atom. The van der Waals surface area contributed by atoms with E-state index < -0.39 is 5.97 Å². The first kappa shape index (κ1) is 15.9. The third-order valence-corrected chi connectivity index (χ3v) is 6.47. The largest absolute Gasteiger partial charge is 0.489 e. The van der Waals surface area contributed by atoms with Crippen molar-refractivity contribution in [3.05, 3.63) is 29.3 Å². The van der Waals surface area contributed by atoms with E-state index in [1.54, 1.807) is 0 Å². The fourth-order valence-corrected chi connectivity index (χ4v) is 4.97. The normalized spacial score (nSPS) is 32.9. The van der Waals surface area contributed by atoms with Crippen molar-refractivity contribution in [1.82, 2.24) is 4.90 Å². The number of nitrogens with zero attached hydrogens (tertiary/aromatic N) is 1. The third-order valence-electron chi connectivity index (χ3n) is 6.47. The van der Waals surface area contributed by atoms with Crippen LogP contribution >= 0.6 is 0 Å². The number of hydrogen-bond acceptors (Lipinski definition) is 3. The Bertz CT molecular complexity index is 634. The number of likely N-dealkylation sites (N-methyl/N-ethyl adjacent to an activating group) is 1. The average molecular weight is 329 g/mol. The first-order valence-electron chi connectivity index (χ1n) is 9.27. The predicted octanol–water partition coefficient (Wildman–Crippen LogP) is 3.23. The van der Waals surface area contributed by atoms with Gasteiger partial charge >= 0.3 is 5.97 Å². The number of aryl methyl sites for hydroxylation is 1. The van der Waals surface area contributed by atoms with Crippen molar-refractivity contribution in [3.63, 3.8) is 0 Å². The lowest BCUT2D eigenvalue weighted by molar-refractivity contribution is -0.143. The van der Waals surface area contributed by atoms with Gasteiger partial charge in [-0.15, -0.1) is 0 Å². The van der Waals surface area contributed by atoms with Gasteiger partial charge in [-0.25, -0.2) is 0 Å². The first-order chi connectivity index (χ1) is 11.6. The van der Waals surface area contributed by atoms with Crippen LogP contribution in [-0.2, 0) is 16.6 Å². The molecule has 2 aliphatic carbocycles. The molecule has 0 amide bonds. The number of ether oxygens (including phenoxy) is 1. The zero-order chi connectivity index (χ0) is 16.7. The highest BCUT2D eigenvalue weighted by atomic mass is 16.5. The predicted molar refractivity (Wildman–Crippen MR) is 92.6 cm³/mol. The van der Waals surface area contributed by atoms with Gasteiger partial charge in [0.1, 0.15) is 11.9 Å². The molecule has 0 bridgehead atoms. The molecule has 4 nitrogen and oxygen atoms in total. The second-order valence-corrected chi connectivity index (χ2v) is 8.00. The minimum Gasteiger partial charge on any atom is -0.489 e. The van der Waals surface area contributed by atoms with Crippen LogP contribution in [0.3, 0.4) is 0 Å². The zero-order valence-corrected chi connectivity index (χ0v) is 14.5. The summed E-state index contributed by atoms with van der Waals surface area (Å²) in [5.74, 6) is 0.231. The van der Waals surface area contributed by atoms with E-state index in [9.17, 15) is 9.90 Å². The molecular formula is C20H27NO3. The number of carbonyl (C=O) groups is 1. The average Bonchev–Trinajstić information content (AvgIpc) is 3.13. The Morgan fingerprint density at radius 2 is 2.04 bits per heavy atom. The molecular weight excluding hydrogens is 302 g/mol. The Labute approximate surface area is 143 Å². The molecule has 3 aliphatic rings. The van der Waals surface area contributed by atoms with Crippen LogP contribution in [0, 0.1) is 5.92 Å². The fraction of sp³-hybridized carbons (Fsp3) is 0.650. The molecule has 1 aromatic carbocycles. The van der Waals surface area contributed by atoms with Crippen molar-refractivity contribution in [3.8, 4) is 5.75 Å². The Hall–Kier alpha value is -1.55. The number of carboxylic acid groups (broad SMARTS) is 1. The van der Waals surface area contributed by atoms with Gasteiger partial charge in [-0.05, 0) is 80.7 Å². The van der Waals surface area contributed by atoms with Crippen molar-refractivity contribution in [2.45, 2.75) is 56.5 Å². The van der Waals surface area contributed by atoms with Gasteiger partial charge in [0.15, 0.2) is 0 Å². The molecule has 1 aliphatic heterocycles. The minimum atomic E-state index is -0.620. The van der Waals surface area contributed by atoms with Crippen LogP contribution in [0.1, 0.15) is 49.7 Å². The molecule has 24 heavy (non-hydrogen) atoms. The summed E-state index contributed by atoms with van der Waals surface area (Å²) in [6.07, 6.45) is 7.33. The van der Waals surface area contributed by atoms with E-state index in [4.69, 9.17) is 4.74 Å². The molecule has 2 fully saturated rings. The van der Waals surface area contributed by atoms with Gasteiger partial charge in [0.2, 0.25) is 0 Å². The van der Waals surface area contributed by atoms with E-state index in [0.717, 1.165) is 57.4 Å². The topological polar surface area (TPSA) is 49.8 Å². The van der Waals surface area contributed by atoms with Gasteiger partial charge in [0.05, 0.1) is 5.92 Å². The number of carboxylic acids is 1. The molecule has 1 saturated carbocycles. The second-order valence-electron chi connectivity index (χ2n) is 8.00. The Kier molecular flexibility index (Phi) is 4.03. The zero-order valence-electron chi connectivity index (χ0n) is 14.5. The summed E-state index contributed by atoms with van der Waals surface area (Å²) in [4.78, 5) is 13.6. The quantitative estimate of drug-likeness (QED) is 0.925. The summed E-state index contributed by atoms with van der Waals surface area (Å²) >= 11 is 0. The second kappa shape index (κ2) is 6.07. The standard InChI is InChI=1S/C20H27NO3/c1-21-11-7-17(13-21)24-16-3-2-14-4-8-20(18(14)12-16)9-5-15(6-10-20)19(22)23/h2-3,12,15,17H,4-11,13H2,1H3,(H,22,23)/t15?,17-,20?/m0/s1. The van der Waals surface area contributed by atoms with Crippen molar-refractivity contribution >= 4 is 5.97 Å². The number of fused-ring (bicyclic) bond motifs is 2. The highest BCUT2D eigenvalue weighted by Crippen LogP contribution is 2.50. The molecule has 130 valence electrons. The van der Waals surface area contributed by atoms with E-state index in [1.165, 1.54) is 17.5 Å². The molecule has 4 heteroatoms. The van der Waals surface area contributed by atoms with Crippen LogP contribution in [0.2, 0.25) is 0 Å². The van der Waals surface area contributed by atoms with E-state index in [0.29, 0.717) is 6.10 Å². The Balaban J connectivity index is 1.52. The lowest BCUT2D eigenvalue weighted by atomic mass is 9.67. The third kappa shape index (κ3) is 2.81. The summed E-state index contributed by atoms with van der Waals surface area (Å²) in [5, 5.41) is 9.27. The minimum absolute atomic E-state index is 0.145. The molecule has 0 aromatic heterocycles. The lowest BCUT2D eigenvalue weighted by Gasteiger charge is -2.37. The van der Waals surface area contributed by atoms with Crippen LogP contribution in [-0.4, -0.2) is 42.2 Å². The molecule has 1 N–H and O–H groups in total. The van der Waals surface area contributed by atoms with Crippen molar-refractivity contribution < 1.29 is 14.6 Å². The lowest BCUT2D eigenvalue weighted by Crippen LogP contribution is -2.32. The monoisotopic (exact) mass is 329 g/mol. The maximum atomic E-state index is 11.3. The number of rotatable bonds is 3. The molecule has 0 unspecified atom stereocenters. The van der Waals surface area contributed by atoms with Crippen LogP contribution in [0.15, 0.2) is 18.2 Å². The summed E-state index contributed by atoms with van der Waals surface area (Å²) in [6.45, 7) is 2.11. The Morgan fingerprint density at radius 3 is 2.71 bits per heavy atom. The van der Waals surface area contributed by atoms with Crippen LogP contribution in [0.4, 0.5) is 0 Å². The summed E-state index contributed by atoms with van der Waals surface area (Å²) in [6, 6.07) is 6.63. The van der Waals surface area contributed by atoms with Crippen LogP contribution in [0.25, 0.3) is 0 Å².